The summed E-state index contributed by atoms with van der Waals surface area (Å²) >= 11 is 0. The van der Waals surface area contributed by atoms with Crippen LogP contribution in [0.5, 0.6) is 0 Å². The SMILES string of the molecule is CC(=O)c1nn(CC(=O)OC(C)(C)C)c2c(C)cc(-c3cnc(CO)nc3)cc12. The molecule has 2 aromatic heterocycles. The van der Waals surface area contributed by atoms with Crippen LogP contribution >= 0.6 is 0 Å². The highest BCUT2D eigenvalue weighted by atomic mass is 16.6. The predicted molar refractivity (Wildman–Crippen MR) is 107 cm³/mol. The van der Waals surface area contributed by atoms with E-state index >= 15 is 0 Å². The highest BCUT2D eigenvalue weighted by Gasteiger charge is 2.22. The summed E-state index contributed by atoms with van der Waals surface area (Å²) in [5, 5.41) is 14.2. The molecule has 0 bridgehead atoms. The van der Waals surface area contributed by atoms with Crippen molar-refractivity contribution in [2.45, 2.75) is 53.4 Å². The number of carbonyl (C=O) groups excluding carboxylic acids is 2. The lowest BCUT2D eigenvalue weighted by Gasteiger charge is -2.19. The van der Waals surface area contributed by atoms with E-state index in [9.17, 15) is 9.59 Å². The van der Waals surface area contributed by atoms with Crippen LogP contribution in [0.4, 0.5) is 0 Å². The first-order valence-electron chi connectivity index (χ1n) is 9.25. The van der Waals surface area contributed by atoms with Gasteiger partial charge < -0.3 is 9.84 Å². The molecule has 29 heavy (non-hydrogen) atoms. The van der Waals surface area contributed by atoms with Crippen LogP contribution in [0.1, 0.15) is 49.6 Å². The van der Waals surface area contributed by atoms with Crippen LogP contribution in [0.2, 0.25) is 0 Å². The third-order valence-corrected chi connectivity index (χ3v) is 4.25. The second-order valence-corrected chi connectivity index (χ2v) is 7.88. The van der Waals surface area contributed by atoms with Crippen LogP contribution in [-0.4, -0.2) is 42.2 Å². The molecule has 1 N–H and O–H groups in total. The lowest BCUT2D eigenvalue weighted by atomic mass is 10.0. The van der Waals surface area contributed by atoms with Gasteiger partial charge in [0.05, 0.1) is 5.52 Å². The number of aromatic nitrogens is 4. The van der Waals surface area contributed by atoms with Gasteiger partial charge in [-0.25, -0.2) is 9.97 Å². The zero-order valence-electron chi connectivity index (χ0n) is 17.2. The maximum absolute atomic E-state index is 12.3. The van der Waals surface area contributed by atoms with Gasteiger partial charge in [-0.1, -0.05) is 0 Å². The third kappa shape index (κ3) is 4.48. The number of rotatable bonds is 5. The Morgan fingerprint density at radius 2 is 1.79 bits per heavy atom. The lowest BCUT2D eigenvalue weighted by Crippen LogP contribution is -2.27. The fourth-order valence-electron chi connectivity index (χ4n) is 3.15. The molecule has 0 aliphatic carbocycles. The van der Waals surface area contributed by atoms with Gasteiger partial charge >= 0.3 is 5.97 Å². The summed E-state index contributed by atoms with van der Waals surface area (Å²) in [5.74, 6) is -0.281. The molecule has 0 amide bonds. The summed E-state index contributed by atoms with van der Waals surface area (Å²) < 4.78 is 6.91. The summed E-state index contributed by atoms with van der Waals surface area (Å²) in [5.41, 5.74) is 2.82. The minimum atomic E-state index is -0.605. The van der Waals surface area contributed by atoms with Crippen LogP contribution in [0, 0.1) is 6.92 Å². The van der Waals surface area contributed by atoms with Gasteiger partial charge in [-0.2, -0.15) is 5.10 Å². The standard InChI is InChI=1S/C21H24N4O4/c1-12-6-14(15-8-22-17(11-26)23-9-15)7-16-19(13(2)27)24-25(20(12)16)10-18(28)29-21(3,4)5/h6-9,26H,10-11H2,1-5H3. The molecule has 2 heterocycles. The van der Waals surface area contributed by atoms with Crippen LogP contribution in [0.15, 0.2) is 24.5 Å². The van der Waals surface area contributed by atoms with Crippen molar-refractivity contribution >= 4 is 22.7 Å². The Bertz CT molecular complexity index is 1080. The maximum Gasteiger partial charge on any atom is 0.328 e. The van der Waals surface area contributed by atoms with Crippen molar-refractivity contribution in [3.8, 4) is 11.1 Å². The van der Waals surface area contributed by atoms with E-state index in [4.69, 9.17) is 9.84 Å². The molecule has 8 heteroatoms. The largest absolute Gasteiger partial charge is 0.459 e. The van der Waals surface area contributed by atoms with Gasteiger partial charge in [0.2, 0.25) is 0 Å². The molecular weight excluding hydrogens is 372 g/mol. The Labute approximate surface area is 168 Å². The number of hydrogen-bond acceptors (Lipinski definition) is 7. The fourth-order valence-corrected chi connectivity index (χ4v) is 3.15. The van der Waals surface area contributed by atoms with Crippen molar-refractivity contribution in [3.63, 3.8) is 0 Å². The molecule has 0 spiro atoms. The van der Waals surface area contributed by atoms with Crippen LogP contribution in [0.3, 0.4) is 0 Å². The molecule has 0 aliphatic heterocycles. The Morgan fingerprint density at radius 3 is 2.34 bits per heavy atom. The number of ketones is 1. The van der Waals surface area contributed by atoms with E-state index in [0.29, 0.717) is 22.4 Å². The number of aliphatic hydroxyl groups excluding tert-OH is 1. The average Bonchev–Trinajstić information content (AvgIpc) is 2.99. The minimum Gasteiger partial charge on any atom is -0.459 e. The van der Waals surface area contributed by atoms with E-state index in [1.54, 1.807) is 33.2 Å². The predicted octanol–water partition coefficient (Wildman–Crippen LogP) is 2.84. The van der Waals surface area contributed by atoms with Gasteiger partial charge in [0.25, 0.3) is 0 Å². The van der Waals surface area contributed by atoms with E-state index in [2.05, 4.69) is 15.1 Å². The summed E-state index contributed by atoms with van der Waals surface area (Å²) in [6.45, 7) is 8.42. The van der Waals surface area contributed by atoms with E-state index < -0.39 is 11.6 Å². The third-order valence-electron chi connectivity index (χ3n) is 4.25. The zero-order valence-corrected chi connectivity index (χ0v) is 17.2. The molecular formula is C21H24N4O4. The van der Waals surface area contributed by atoms with Crippen molar-refractivity contribution in [1.29, 1.82) is 0 Å². The van der Waals surface area contributed by atoms with Gasteiger partial charge in [0, 0.05) is 30.3 Å². The van der Waals surface area contributed by atoms with Gasteiger partial charge in [0.1, 0.15) is 24.4 Å². The van der Waals surface area contributed by atoms with E-state index in [0.717, 1.165) is 16.7 Å². The molecule has 0 saturated heterocycles. The van der Waals surface area contributed by atoms with Crippen molar-refractivity contribution in [2.24, 2.45) is 0 Å². The minimum absolute atomic E-state index is 0.0878. The molecule has 0 aliphatic rings. The van der Waals surface area contributed by atoms with Gasteiger partial charge in [-0.05, 0) is 51.0 Å². The molecule has 0 radical (unpaired) electrons. The summed E-state index contributed by atoms with van der Waals surface area (Å²) in [6.07, 6.45) is 3.25. The molecule has 0 fully saturated rings. The molecule has 0 atom stereocenters. The topological polar surface area (TPSA) is 107 Å². The van der Waals surface area contributed by atoms with Crippen LogP contribution in [-0.2, 0) is 22.7 Å². The molecule has 152 valence electrons. The molecule has 0 unspecified atom stereocenters. The highest BCUT2D eigenvalue weighted by Crippen LogP contribution is 2.29. The number of Topliss-reactive ketones (excluding diaryl/α,β-unsaturated/α-hetero) is 1. The highest BCUT2D eigenvalue weighted by molar-refractivity contribution is 6.06. The number of fused-ring (bicyclic) bond motifs is 1. The molecule has 1 aromatic carbocycles. The normalized spacial score (nSPS) is 11.7. The second-order valence-electron chi connectivity index (χ2n) is 7.88. The zero-order chi connectivity index (χ0) is 21.3. The Hall–Kier alpha value is -3.13. The van der Waals surface area contributed by atoms with E-state index in [1.165, 1.54) is 11.6 Å². The number of esters is 1. The van der Waals surface area contributed by atoms with Crippen LogP contribution in [0.25, 0.3) is 22.0 Å². The fraction of sp³-hybridized carbons (Fsp3) is 0.381. The summed E-state index contributed by atoms with van der Waals surface area (Å²) in [7, 11) is 0. The van der Waals surface area contributed by atoms with Crippen molar-refractivity contribution in [3.05, 3.63) is 41.6 Å². The Balaban J connectivity index is 2.09. The Morgan fingerprint density at radius 1 is 1.14 bits per heavy atom. The van der Waals surface area contributed by atoms with Gasteiger partial charge in [0.15, 0.2) is 11.6 Å². The Kier molecular flexibility index (Phi) is 5.48. The van der Waals surface area contributed by atoms with Crippen LogP contribution < -0.4 is 0 Å². The monoisotopic (exact) mass is 396 g/mol. The number of aliphatic hydroxyl groups is 1. The van der Waals surface area contributed by atoms with Crippen molar-refractivity contribution < 1.29 is 19.4 Å². The number of ether oxygens (including phenoxy) is 1. The second kappa shape index (κ2) is 7.71. The first-order chi connectivity index (χ1) is 13.6. The van der Waals surface area contributed by atoms with Gasteiger partial charge in [-0.15, -0.1) is 0 Å². The summed E-state index contributed by atoms with van der Waals surface area (Å²) in [4.78, 5) is 32.7. The maximum atomic E-state index is 12.3. The van der Waals surface area contributed by atoms with Gasteiger partial charge in [-0.3, -0.25) is 14.3 Å². The number of hydrogen-bond donors (Lipinski definition) is 1. The van der Waals surface area contributed by atoms with E-state index in [1.807, 2.05) is 19.1 Å². The number of aryl methyl sites for hydroxylation is 1. The number of benzene rings is 1. The first kappa shape index (κ1) is 20.6. The van der Waals surface area contributed by atoms with E-state index in [-0.39, 0.29) is 18.9 Å². The average molecular weight is 396 g/mol. The summed E-state index contributed by atoms with van der Waals surface area (Å²) in [6, 6.07) is 3.77. The smallest absolute Gasteiger partial charge is 0.328 e. The molecule has 3 rings (SSSR count). The molecule has 0 saturated carbocycles. The number of carbonyl (C=O) groups is 2. The quantitative estimate of drug-likeness (QED) is 0.522. The molecule has 3 aromatic rings. The number of nitrogens with zero attached hydrogens (tertiary/aromatic N) is 4. The lowest BCUT2D eigenvalue weighted by molar-refractivity contribution is -0.155. The van der Waals surface area contributed by atoms with Crippen molar-refractivity contribution in [1.82, 2.24) is 19.7 Å². The van der Waals surface area contributed by atoms with Crippen molar-refractivity contribution in [2.75, 3.05) is 0 Å². The first-order valence-corrected chi connectivity index (χ1v) is 9.25. The molecule has 8 nitrogen and oxygen atoms in total.